The Hall–Kier alpha value is -1.03. The molecule has 0 radical (unpaired) electrons. The maximum atomic E-state index is 11.9. The lowest BCUT2D eigenvalue weighted by Gasteiger charge is -2.20. The van der Waals surface area contributed by atoms with E-state index in [1.165, 1.54) is 0 Å². The highest BCUT2D eigenvalue weighted by atomic mass is 79.9. The van der Waals surface area contributed by atoms with Gasteiger partial charge in [-0.15, -0.1) is 0 Å². The quantitative estimate of drug-likeness (QED) is 0.636. The van der Waals surface area contributed by atoms with Crippen molar-refractivity contribution in [2.45, 2.75) is 33.3 Å². The van der Waals surface area contributed by atoms with Crippen molar-refractivity contribution in [3.05, 3.63) is 27.7 Å². The number of benzene rings is 1. The van der Waals surface area contributed by atoms with Crippen LogP contribution < -0.4 is 5.73 Å². The Morgan fingerprint density at radius 1 is 1.38 bits per heavy atom. The molecule has 0 saturated heterocycles. The lowest BCUT2D eigenvalue weighted by Crippen LogP contribution is -2.24. The SMILES string of the molecule is Cc1c(N)cc(Br)cc1C(=O)OC(C)(C)C. The van der Waals surface area contributed by atoms with Gasteiger partial charge in [0, 0.05) is 10.2 Å². The molecular weight excluding hydrogens is 270 g/mol. The summed E-state index contributed by atoms with van der Waals surface area (Å²) in [6, 6.07) is 3.49. The van der Waals surface area contributed by atoms with E-state index in [0.29, 0.717) is 11.3 Å². The van der Waals surface area contributed by atoms with Crippen LogP contribution in [0.3, 0.4) is 0 Å². The first-order chi connectivity index (χ1) is 7.20. The second kappa shape index (κ2) is 4.45. The molecule has 0 aliphatic carbocycles. The van der Waals surface area contributed by atoms with Crippen LogP contribution in [0.1, 0.15) is 36.7 Å². The number of hydrogen-bond acceptors (Lipinski definition) is 3. The van der Waals surface area contributed by atoms with E-state index in [1.54, 1.807) is 19.1 Å². The molecule has 0 bridgehead atoms. The van der Waals surface area contributed by atoms with Crippen molar-refractivity contribution < 1.29 is 9.53 Å². The van der Waals surface area contributed by atoms with Crippen molar-refractivity contribution in [2.24, 2.45) is 0 Å². The van der Waals surface area contributed by atoms with Gasteiger partial charge in [0.1, 0.15) is 5.60 Å². The molecule has 0 atom stereocenters. The van der Waals surface area contributed by atoms with E-state index in [1.807, 2.05) is 20.8 Å². The summed E-state index contributed by atoms with van der Waals surface area (Å²) in [5.74, 6) is -0.349. The lowest BCUT2D eigenvalue weighted by atomic mass is 10.1. The number of hydrogen-bond donors (Lipinski definition) is 1. The molecule has 0 amide bonds. The van der Waals surface area contributed by atoms with Gasteiger partial charge in [0.15, 0.2) is 0 Å². The molecular formula is C12H16BrNO2. The van der Waals surface area contributed by atoms with Gasteiger partial charge in [-0.1, -0.05) is 15.9 Å². The molecule has 2 N–H and O–H groups in total. The standard InChI is InChI=1S/C12H16BrNO2/c1-7-9(5-8(13)6-10(7)14)11(15)16-12(2,3)4/h5-6H,14H2,1-4H3. The minimum Gasteiger partial charge on any atom is -0.456 e. The molecule has 1 aromatic carbocycles. The van der Waals surface area contributed by atoms with Crippen molar-refractivity contribution in [1.29, 1.82) is 0 Å². The summed E-state index contributed by atoms with van der Waals surface area (Å²) in [5.41, 5.74) is 7.11. The number of esters is 1. The van der Waals surface area contributed by atoms with Gasteiger partial charge in [0.2, 0.25) is 0 Å². The third kappa shape index (κ3) is 3.23. The fourth-order valence-electron chi connectivity index (χ4n) is 1.25. The van der Waals surface area contributed by atoms with E-state index in [2.05, 4.69) is 15.9 Å². The number of rotatable bonds is 1. The van der Waals surface area contributed by atoms with E-state index in [4.69, 9.17) is 10.5 Å². The Balaban J connectivity index is 3.09. The van der Waals surface area contributed by atoms with E-state index < -0.39 is 5.60 Å². The average molecular weight is 286 g/mol. The number of nitrogens with two attached hydrogens (primary N) is 1. The number of ether oxygens (including phenoxy) is 1. The number of carbonyl (C=O) groups is 1. The highest BCUT2D eigenvalue weighted by molar-refractivity contribution is 9.10. The third-order valence-electron chi connectivity index (χ3n) is 2.03. The van der Waals surface area contributed by atoms with Crippen molar-refractivity contribution in [3.8, 4) is 0 Å². The van der Waals surface area contributed by atoms with Crippen LogP contribution in [-0.2, 0) is 4.74 Å². The summed E-state index contributed by atoms with van der Waals surface area (Å²) >= 11 is 3.31. The molecule has 0 unspecified atom stereocenters. The Morgan fingerprint density at radius 3 is 2.44 bits per heavy atom. The smallest absolute Gasteiger partial charge is 0.339 e. The zero-order valence-corrected chi connectivity index (χ0v) is 11.5. The van der Waals surface area contributed by atoms with Crippen LogP contribution in [0.4, 0.5) is 5.69 Å². The first-order valence-corrected chi connectivity index (χ1v) is 5.79. The van der Waals surface area contributed by atoms with Crippen molar-refractivity contribution in [1.82, 2.24) is 0 Å². The fourth-order valence-corrected chi connectivity index (χ4v) is 1.72. The van der Waals surface area contributed by atoms with Gasteiger partial charge in [-0.05, 0) is 45.4 Å². The van der Waals surface area contributed by atoms with Crippen LogP contribution in [0.25, 0.3) is 0 Å². The average Bonchev–Trinajstić information content (AvgIpc) is 2.08. The Kier molecular flexibility index (Phi) is 3.63. The highest BCUT2D eigenvalue weighted by Crippen LogP contribution is 2.24. The molecule has 3 nitrogen and oxygen atoms in total. The van der Waals surface area contributed by atoms with Crippen LogP contribution >= 0.6 is 15.9 Å². The van der Waals surface area contributed by atoms with E-state index in [0.717, 1.165) is 10.0 Å². The Morgan fingerprint density at radius 2 is 1.94 bits per heavy atom. The molecule has 88 valence electrons. The van der Waals surface area contributed by atoms with E-state index in [9.17, 15) is 4.79 Å². The maximum absolute atomic E-state index is 11.9. The molecule has 0 aliphatic rings. The van der Waals surface area contributed by atoms with Gasteiger partial charge in [-0.25, -0.2) is 4.79 Å². The number of nitrogen functional groups attached to an aromatic ring is 1. The molecule has 0 aliphatic heterocycles. The second-order valence-electron chi connectivity index (χ2n) is 4.67. The van der Waals surface area contributed by atoms with Crippen molar-refractivity contribution >= 4 is 27.6 Å². The van der Waals surface area contributed by atoms with E-state index in [-0.39, 0.29) is 5.97 Å². The summed E-state index contributed by atoms with van der Waals surface area (Å²) in [6.07, 6.45) is 0. The van der Waals surface area contributed by atoms with Gasteiger partial charge in [-0.3, -0.25) is 0 Å². The predicted molar refractivity (Wildman–Crippen MR) is 68.5 cm³/mol. The largest absolute Gasteiger partial charge is 0.456 e. The molecule has 0 spiro atoms. The maximum Gasteiger partial charge on any atom is 0.339 e. The Bertz CT molecular complexity index is 422. The predicted octanol–water partition coefficient (Wildman–Crippen LogP) is 3.30. The molecule has 4 heteroatoms. The number of halogens is 1. The van der Waals surface area contributed by atoms with Gasteiger partial charge < -0.3 is 10.5 Å². The molecule has 1 aromatic rings. The monoisotopic (exact) mass is 285 g/mol. The molecule has 0 heterocycles. The number of carbonyl (C=O) groups excluding carboxylic acids is 1. The molecule has 1 rings (SSSR count). The first-order valence-electron chi connectivity index (χ1n) is 4.99. The van der Waals surface area contributed by atoms with Crippen LogP contribution in [-0.4, -0.2) is 11.6 Å². The first kappa shape index (κ1) is 13.0. The van der Waals surface area contributed by atoms with Crippen molar-refractivity contribution in [3.63, 3.8) is 0 Å². The van der Waals surface area contributed by atoms with Gasteiger partial charge in [-0.2, -0.15) is 0 Å². The highest BCUT2D eigenvalue weighted by Gasteiger charge is 2.20. The van der Waals surface area contributed by atoms with Gasteiger partial charge in [0.05, 0.1) is 5.56 Å². The molecule has 0 fully saturated rings. The third-order valence-corrected chi connectivity index (χ3v) is 2.49. The summed E-state index contributed by atoms with van der Waals surface area (Å²) in [7, 11) is 0. The number of anilines is 1. The van der Waals surface area contributed by atoms with E-state index >= 15 is 0 Å². The minimum absolute atomic E-state index is 0.349. The van der Waals surface area contributed by atoms with Gasteiger partial charge >= 0.3 is 5.97 Å². The van der Waals surface area contributed by atoms with Crippen molar-refractivity contribution in [2.75, 3.05) is 5.73 Å². The fraction of sp³-hybridized carbons (Fsp3) is 0.417. The molecule has 0 saturated carbocycles. The lowest BCUT2D eigenvalue weighted by molar-refractivity contribution is 0.00687. The van der Waals surface area contributed by atoms with Gasteiger partial charge in [0.25, 0.3) is 0 Å². The zero-order chi connectivity index (χ0) is 12.5. The molecule has 0 aromatic heterocycles. The molecule has 16 heavy (non-hydrogen) atoms. The zero-order valence-electron chi connectivity index (χ0n) is 9.93. The summed E-state index contributed by atoms with van der Waals surface area (Å²) in [6.45, 7) is 7.31. The normalized spacial score (nSPS) is 11.3. The second-order valence-corrected chi connectivity index (χ2v) is 5.59. The summed E-state index contributed by atoms with van der Waals surface area (Å²) in [5, 5.41) is 0. The van der Waals surface area contributed by atoms with Crippen LogP contribution in [0.2, 0.25) is 0 Å². The minimum atomic E-state index is -0.499. The van der Waals surface area contributed by atoms with Crippen LogP contribution in [0, 0.1) is 6.92 Å². The van der Waals surface area contributed by atoms with Crippen LogP contribution in [0.5, 0.6) is 0 Å². The summed E-state index contributed by atoms with van der Waals surface area (Å²) < 4.78 is 6.07. The van der Waals surface area contributed by atoms with Crippen LogP contribution in [0.15, 0.2) is 16.6 Å². The topological polar surface area (TPSA) is 52.3 Å². The summed E-state index contributed by atoms with van der Waals surface area (Å²) in [4.78, 5) is 11.9. The Labute approximate surface area is 104 Å².